The molecule has 6 rings (SSSR count). The van der Waals surface area contributed by atoms with Crippen molar-refractivity contribution in [3.05, 3.63) is 63.5 Å². The van der Waals surface area contributed by atoms with E-state index in [9.17, 15) is 4.79 Å². The lowest BCUT2D eigenvalue weighted by atomic mass is 10.2. The lowest BCUT2D eigenvalue weighted by molar-refractivity contribution is 0.363. The van der Waals surface area contributed by atoms with Gasteiger partial charge >= 0.3 is 0 Å². The number of hydrogen-bond acceptors (Lipinski definition) is 8. The second kappa shape index (κ2) is 6.90. The zero-order chi connectivity index (χ0) is 22.0. The summed E-state index contributed by atoms with van der Waals surface area (Å²) in [4.78, 5) is 27.8. The first-order valence-corrected chi connectivity index (χ1v) is 10.5. The van der Waals surface area contributed by atoms with Crippen molar-refractivity contribution in [1.29, 1.82) is 5.26 Å². The fourth-order valence-electron chi connectivity index (χ4n) is 4.71. The number of aryl methyl sites for hydroxylation is 1. The van der Waals surface area contributed by atoms with Crippen molar-refractivity contribution in [2.75, 3.05) is 18.0 Å². The number of hydrogen-bond donors (Lipinski definition) is 0. The van der Waals surface area contributed by atoms with Gasteiger partial charge in [0.15, 0.2) is 17.0 Å². The third-order valence-corrected chi connectivity index (χ3v) is 6.73. The Morgan fingerprint density at radius 1 is 1.25 bits per heavy atom. The van der Waals surface area contributed by atoms with E-state index < -0.39 is 0 Å². The first kappa shape index (κ1) is 19.0. The highest BCUT2D eigenvalue weighted by molar-refractivity contribution is 6.32. The Bertz CT molecular complexity index is 1450. The smallest absolute Gasteiger partial charge is 0.280 e. The molecule has 1 aliphatic heterocycles. The topological polar surface area (TPSA) is 119 Å². The molecule has 0 bridgehead atoms. The molecule has 1 aromatic carbocycles. The number of imidazole rings is 1. The second-order valence-electron chi connectivity index (χ2n) is 8.29. The van der Waals surface area contributed by atoms with Gasteiger partial charge in [0.1, 0.15) is 18.9 Å². The molecule has 0 radical (unpaired) electrons. The summed E-state index contributed by atoms with van der Waals surface area (Å²) in [6.45, 7) is 1.92. The van der Waals surface area contributed by atoms with Crippen LogP contribution in [-0.4, -0.2) is 42.3 Å². The highest BCUT2D eigenvalue weighted by Gasteiger charge is 2.58. The average Bonchev–Trinajstić information content (AvgIpc) is 3.21. The van der Waals surface area contributed by atoms with E-state index in [-0.39, 0.29) is 18.0 Å². The maximum absolute atomic E-state index is 12.7. The van der Waals surface area contributed by atoms with E-state index in [4.69, 9.17) is 21.4 Å². The summed E-state index contributed by atoms with van der Waals surface area (Å²) in [5.41, 5.74) is 2.15. The third kappa shape index (κ3) is 2.89. The highest BCUT2D eigenvalue weighted by Crippen LogP contribution is 2.58. The summed E-state index contributed by atoms with van der Waals surface area (Å²) in [7, 11) is 1.76. The number of halogens is 1. The van der Waals surface area contributed by atoms with Crippen LogP contribution >= 0.6 is 11.6 Å². The molecule has 1 saturated heterocycles. The van der Waals surface area contributed by atoms with Crippen molar-refractivity contribution in [1.82, 2.24) is 29.2 Å². The van der Waals surface area contributed by atoms with Crippen molar-refractivity contribution in [2.24, 2.45) is 18.9 Å². The molecule has 2 unspecified atom stereocenters. The predicted octanol–water partition coefficient (Wildman–Crippen LogP) is 1.94. The van der Waals surface area contributed by atoms with Crippen molar-refractivity contribution >= 4 is 28.5 Å². The van der Waals surface area contributed by atoms with Crippen molar-refractivity contribution in [2.45, 2.75) is 12.5 Å². The Balaban J connectivity index is 1.15. The number of nitrogens with zero attached hydrogens (tertiary/aromatic N) is 8. The van der Waals surface area contributed by atoms with Crippen LogP contribution in [-0.2, 0) is 13.6 Å². The van der Waals surface area contributed by atoms with E-state index in [0.717, 1.165) is 18.8 Å². The second-order valence-corrected chi connectivity index (χ2v) is 8.69. The molecule has 3 aromatic heterocycles. The maximum Gasteiger partial charge on any atom is 0.280 e. The molecule has 0 amide bonds. The number of nitriles is 1. The van der Waals surface area contributed by atoms with Crippen molar-refractivity contribution < 1.29 is 4.52 Å². The molecule has 0 N–H and O–H groups in total. The summed E-state index contributed by atoms with van der Waals surface area (Å²) in [5, 5.41) is 13.7. The first-order chi connectivity index (χ1) is 15.5. The first-order valence-electron chi connectivity index (χ1n) is 10.2. The number of fused-ring (bicyclic) bond motifs is 2. The van der Waals surface area contributed by atoms with E-state index >= 15 is 0 Å². The Hall–Kier alpha value is -3.71. The standard InChI is InChI=1S/C21H17ClN8O2/c1-28-9-24-20-18(28)21(31)30(10-25-20)8-16-26-19(27-32-16)17-13-6-29(7-14(13)17)12-3-2-11(5-23)15(22)4-12/h2-4,9-10,13-14,17H,6-8H2,1H3. The number of piperidine rings is 1. The van der Waals surface area contributed by atoms with Gasteiger partial charge in [-0.3, -0.25) is 9.36 Å². The quantitative estimate of drug-likeness (QED) is 0.464. The van der Waals surface area contributed by atoms with E-state index in [1.165, 1.54) is 10.9 Å². The van der Waals surface area contributed by atoms with E-state index in [2.05, 4.69) is 31.1 Å². The maximum atomic E-state index is 12.7. The highest BCUT2D eigenvalue weighted by atomic mass is 35.5. The zero-order valence-corrected chi connectivity index (χ0v) is 17.8. The van der Waals surface area contributed by atoms with Crippen LogP contribution in [0.1, 0.15) is 23.2 Å². The van der Waals surface area contributed by atoms with Crippen LogP contribution in [0.3, 0.4) is 0 Å². The molecule has 4 heterocycles. The summed E-state index contributed by atoms with van der Waals surface area (Å²) in [6.07, 6.45) is 3.02. The van der Waals surface area contributed by atoms with Gasteiger partial charge in [-0.2, -0.15) is 10.2 Å². The van der Waals surface area contributed by atoms with Crippen LogP contribution in [0.5, 0.6) is 0 Å². The van der Waals surface area contributed by atoms with Gasteiger partial charge in [-0.15, -0.1) is 0 Å². The van der Waals surface area contributed by atoms with Gasteiger partial charge in [-0.1, -0.05) is 16.8 Å². The lowest BCUT2D eigenvalue weighted by Gasteiger charge is -2.21. The molecule has 10 nitrogen and oxygen atoms in total. The van der Waals surface area contributed by atoms with E-state index in [1.54, 1.807) is 24.0 Å². The van der Waals surface area contributed by atoms with Gasteiger partial charge in [0.05, 0.1) is 16.9 Å². The molecule has 2 fully saturated rings. The molecule has 32 heavy (non-hydrogen) atoms. The minimum absolute atomic E-state index is 0.165. The Labute approximate surface area is 186 Å². The average molecular weight is 449 g/mol. The van der Waals surface area contributed by atoms with Crippen LogP contribution in [0, 0.1) is 23.2 Å². The Morgan fingerprint density at radius 2 is 2.03 bits per heavy atom. The molecule has 1 saturated carbocycles. The predicted molar refractivity (Wildman–Crippen MR) is 114 cm³/mol. The van der Waals surface area contributed by atoms with Gasteiger partial charge in [-0.05, 0) is 30.0 Å². The van der Waals surface area contributed by atoms with Crippen LogP contribution in [0.15, 0.2) is 40.2 Å². The number of aromatic nitrogens is 6. The summed E-state index contributed by atoms with van der Waals surface area (Å²) in [6, 6.07) is 7.62. The molecule has 1 aliphatic carbocycles. The Morgan fingerprint density at radius 3 is 2.78 bits per heavy atom. The summed E-state index contributed by atoms with van der Waals surface area (Å²) in [5.74, 6) is 2.23. The molecule has 2 aliphatic rings. The van der Waals surface area contributed by atoms with E-state index in [1.807, 2.05) is 12.1 Å². The molecule has 2 atom stereocenters. The van der Waals surface area contributed by atoms with Gasteiger partial charge in [-0.25, -0.2) is 9.97 Å². The molecule has 160 valence electrons. The third-order valence-electron chi connectivity index (χ3n) is 6.42. The van der Waals surface area contributed by atoms with Gasteiger partial charge < -0.3 is 14.0 Å². The van der Waals surface area contributed by atoms with Crippen LogP contribution in [0.2, 0.25) is 5.02 Å². The minimum atomic E-state index is -0.199. The van der Waals surface area contributed by atoms with Gasteiger partial charge in [0.2, 0.25) is 5.89 Å². The fraction of sp³-hybridized carbons (Fsp3) is 0.333. The van der Waals surface area contributed by atoms with Crippen LogP contribution in [0.25, 0.3) is 11.2 Å². The monoisotopic (exact) mass is 448 g/mol. The number of benzene rings is 1. The fourth-order valence-corrected chi connectivity index (χ4v) is 4.93. The Kier molecular flexibility index (Phi) is 4.10. The van der Waals surface area contributed by atoms with E-state index in [0.29, 0.717) is 45.3 Å². The molecule has 0 spiro atoms. The van der Waals surface area contributed by atoms with Crippen molar-refractivity contribution in [3.8, 4) is 6.07 Å². The largest absolute Gasteiger partial charge is 0.371 e. The molecular weight excluding hydrogens is 432 g/mol. The van der Waals surface area contributed by atoms with Crippen molar-refractivity contribution in [3.63, 3.8) is 0 Å². The summed E-state index contributed by atoms with van der Waals surface area (Å²) >= 11 is 6.18. The molecule has 11 heteroatoms. The SMILES string of the molecule is Cn1cnc2ncn(Cc3nc(C4C5CN(c6ccc(C#N)c(Cl)c6)CC54)no3)c(=O)c21. The van der Waals surface area contributed by atoms with Crippen LogP contribution in [0.4, 0.5) is 5.69 Å². The molecular formula is C21H17ClN8O2. The van der Waals surface area contributed by atoms with Crippen LogP contribution < -0.4 is 10.5 Å². The normalized spacial score (nSPS) is 21.7. The number of rotatable bonds is 4. The zero-order valence-electron chi connectivity index (χ0n) is 17.0. The summed E-state index contributed by atoms with van der Waals surface area (Å²) < 4.78 is 8.54. The van der Waals surface area contributed by atoms with Gasteiger partial charge in [0, 0.05) is 31.7 Å². The van der Waals surface area contributed by atoms with Gasteiger partial charge in [0.25, 0.3) is 5.56 Å². The lowest BCUT2D eigenvalue weighted by Crippen LogP contribution is -2.24. The molecule has 4 aromatic rings. The number of anilines is 1. The minimum Gasteiger partial charge on any atom is -0.371 e.